The molecule has 162 valence electrons. The molecule has 7 heteroatoms. The van der Waals surface area contributed by atoms with Gasteiger partial charge in [0.1, 0.15) is 0 Å². The second-order valence-corrected chi connectivity index (χ2v) is 8.67. The molecule has 0 radical (unpaired) electrons. The standard InChI is InChI=1S/C24H26N2O4S/c1-29-23(28)18-11-12-20-21(15-18)25-24(26(22(20)27)16-19-10-5-13-30-19)31-14-6-9-17-7-3-2-4-8-17/h2-4,7-8,11-12,15,19H,5-6,9-10,13-14,16H2,1H3. The number of benzene rings is 2. The van der Waals surface area contributed by atoms with E-state index in [0.29, 0.717) is 28.2 Å². The number of thioether (sulfide) groups is 1. The van der Waals surface area contributed by atoms with Gasteiger partial charge in [-0.05, 0) is 49.4 Å². The predicted molar refractivity (Wildman–Crippen MR) is 122 cm³/mol. The van der Waals surface area contributed by atoms with Gasteiger partial charge >= 0.3 is 5.97 Å². The first kappa shape index (κ1) is 21.6. The molecule has 1 aliphatic heterocycles. The van der Waals surface area contributed by atoms with Crippen LogP contribution in [0.5, 0.6) is 0 Å². The van der Waals surface area contributed by atoms with E-state index in [1.54, 1.807) is 34.5 Å². The van der Waals surface area contributed by atoms with Gasteiger partial charge in [-0.15, -0.1) is 0 Å². The minimum absolute atomic E-state index is 0.0370. The normalized spacial score (nSPS) is 16.0. The van der Waals surface area contributed by atoms with E-state index < -0.39 is 5.97 Å². The molecular weight excluding hydrogens is 412 g/mol. The number of hydrogen-bond donors (Lipinski definition) is 0. The summed E-state index contributed by atoms with van der Waals surface area (Å²) in [6, 6.07) is 15.3. The smallest absolute Gasteiger partial charge is 0.337 e. The maximum absolute atomic E-state index is 13.3. The predicted octanol–water partition coefficient (Wildman–Crippen LogP) is 4.09. The molecule has 1 aliphatic rings. The van der Waals surface area contributed by atoms with Crippen LogP contribution >= 0.6 is 11.8 Å². The first-order valence-electron chi connectivity index (χ1n) is 10.6. The molecule has 1 fully saturated rings. The Balaban J connectivity index is 1.60. The zero-order valence-electron chi connectivity index (χ0n) is 17.6. The van der Waals surface area contributed by atoms with Crippen LogP contribution in [-0.4, -0.2) is 41.1 Å². The number of rotatable bonds is 8. The van der Waals surface area contributed by atoms with E-state index in [0.717, 1.165) is 38.0 Å². The number of carbonyl (C=O) groups excluding carboxylic acids is 1. The average Bonchev–Trinajstić information content (AvgIpc) is 3.32. The second kappa shape index (κ2) is 10.1. The van der Waals surface area contributed by atoms with Gasteiger partial charge in [0.05, 0.1) is 36.2 Å². The van der Waals surface area contributed by atoms with Crippen LogP contribution in [0.2, 0.25) is 0 Å². The van der Waals surface area contributed by atoms with Gasteiger partial charge in [0.25, 0.3) is 5.56 Å². The largest absolute Gasteiger partial charge is 0.465 e. The molecule has 4 rings (SSSR count). The van der Waals surface area contributed by atoms with Gasteiger partial charge in [0.15, 0.2) is 5.16 Å². The molecule has 2 heterocycles. The number of carbonyl (C=O) groups is 1. The monoisotopic (exact) mass is 438 g/mol. The summed E-state index contributed by atoms with van der Waals surface area (Å²) < 4.78 is 12.3. The number of esters is 1. The number of fused-ring (bicyclic) bond motifs is 1. The number of nitrogens with zero attached hydrogens (tertiary/aromatic N) is 2. The highest BCUT2D eigenvalue weighted by atomic mass is 32.2. The van der Waals surface area contributed by atoms with Gasteiger partial charge in [0.2, 0.25) is 0 Å². The molecule has 0 N–H and O–H groups in total. The molecular formula is C24H26N2O4S. The topological polar surface area (TPSA) is 70.4 Å². The Kier molecular flexibility index (Phi) is 7.04. The van der Waals surface area contributed by atoms with Crippen molar-refractivity contribution < 1.29 is 14.3 Å². The quantitative estimate of drug-likeness (QED) is 0.228. The number of ether oxygens (including phenoxy) is 2. The van der Waals surface area contributed by atoms with E-state index in [1.165, 1.54) is 12.7 Å². The zero-order valence-corrected chi connectivity index (χ0v) is 18.4. The van der Waals surface area contributed by atoms with Crippen LogP contribution in [0.25, 0.3) is 10.9 Å². The van der Waals surface area contributed by atoms with Crippen molar-refractivity contribution >= 4 is 28.6 Å². The van der Waals surface area contributed by atoms with Gasteiger partial charge in [-0.3, -0.25) is 9.36 Å². The minimum Gasteiger partial charge on any atom is -0.465 e. The van der Waals surface area contributed by atoms with Crippen LogP contribution in [0, 0.1) is 0 Å². The summed E-state index contributed by atoms with van der Waals surface area (Å²) in [5, 5.41) is 1.17. The number of hydrogen-bond acceptors (Lipinski definition) is 6. The Morgan fingerprint density at radius 3 is 2.84 bits per heavy atom. The lowest BCUT2D eigenvalue weighted by Crippen LogP contribution is -2.29. The van der Waals surface area contributed by atoms with Gasteiger partial charge in [-0.1, -0.05) is 42.1 Å². The van der Waals surface area contributed by atoms with Crippen molar-refractivity contribution in [2.45, 2.75) is 43.5 Å². The molecule has 0 bridgehead atoms. The molecule has 31 heavy (non-hydrogen) atoms. The van der Waals surface area contributed by atoms with Crippen LogP contribution in [0.4, 0.5) is 0 Å². The summed E-state index contributed by atoms with van der Waals surface area (Å²) in [5.41, 5.74) is 2.11. The molecule has 0 aliphatic carbocycles. The van der Waals surface area contributed by atoms with Crippen molar-refractivity contribution in [3.63, 3.8) is 0 Å². The Morgan fingerprint density at radius 1 is 1.26 bits per heavy atom. The fourth-order valence-electron chi connectivity index (χ4n) is 3.79. The van der Waals surface area contributed by atoms with Crippen molar-refractivity contribution in [1.29, 1.82) is 0 Å². The number of aromatic nitrogens is 2. The summed E-state index contributed by atoms with van der Waals surface area (Å²) in [4.78, 5) is 30.0. The first-order valence-corrected chi connectivity index (χ1v) is 11.6. The molecule has 0 saturated carbocycles. The Hall–Kier alpha value is -2.64. The fourth-order valence-corrected chi connectivity index (χ4v) is 4.74. The third kappa shape index (κ3) is 5.17. The summed E-state index contributed by atoms with van der Waals surface area (Å²) >= 11 is 1.58. The van der Waals surface area contributed by atoms with Crippen LogP contribution in [0.1, 0.15) is 35.2 Å². The lowest BCUT2D eigenvalue weighted by Gasteiger charge is -2.16. The van der Waals surface area contributed by atoms with Gasteiger partial charge in [-0.25, -0.2) is 9.78 Å². The van der Waals surface area contributed by atoms with Crippen molar-refractivity contribution in [3.05, 3.63) is 70.0 Å². The summed E-state index contributed by atoms with van der Waals surface area (Å²) in [7, 11) is 1.34. The molecule has 3 aromatic rings. The SMILES string of the molecule is COC(=O)c1ccc2c(=O)n(CC3CCCO3)c(SCCCc3ccccc3)nc2c1. The summed E-state index contributed by atoms with van der Waals surface area (Å²) in [6.07, 6.45) is 3.95. The van der Waals surface area contributed by atoms with E-state index in [-0.39, 0.29) is 11.7 Å². The number of aryl methyl sites for hydroxylation is 1. The second-order valence-electron chi connectivity index (χ2n) is 7.61. The molecule has 0 spiro atoms. The van der Waals surface area contributed by atoms with Crippen LogP contribution in [-0.2, 0) is 22.4 Å². The van der Waals surface area contributed by atoms with Gasteiger partial charge in [-0.2, -0.15) is 0 Å². The lowest BCUT2D eigenvalue weighted by molar-refractivity contribution is 0.0601. The van der Waals surface area contributed by atoms with Crippen LogP contribution in [0.15, 0.2) is 58.5 Å². The number of methoxy groups -OCH3 is 1. The highest BCUT2D eigenvalue weighted by Crippen LogP contribution is 2.23. The zero-order chi connectivity index (χ0) is 21.6. The maximum Gasteiger partial charge on any atom is 0.337 e. The molecule has 0 amide bonds. The van der Waals surface area contributed by atoms with E-state index in [9.17, 15) is 9.59 Å². The highest BCUT2D eigenvalue weighted by molar-refractivity contribution is 7.99. The molecule has 1 atom stereocenters. The van der Waals surface area contributed by atoms with Gasteiger partial charge < -0.3 is 9.47 Å². The van der Waals surface area contributed by atoms with Crippen molar-refractivity contribution in [2.75, 3.05) is 19.5 Å². The van der Waals surface area contributed by atoms with E-state index >= 15 is 0 Å². The third-order valence-electron chi connectivity index (χ3n) is 5.44. The maximum atomic E-state index is 13.3. The minimum atomic E-state index is -0.440. The fraction of sp³-hybridized carbons (Fsp3) is 0.375. The van der Waals surface area contributed by atoms with Gasteiger partial charge in [0, 0.05) is 12.4 Å². The van der Waals surface area contributed by atoms with Crippen molar-refractivity contribution in [3.8, 4) is 0 Å². The molecule has 6 nitrogen and oxygen atoms in total. The molecule has 2 aromatic carbocycles. The molecule has 1 unspecified atom stereocenters. The summed E-state index contributed by atoms with van der Waals surface area (Å²) in [6.45, 7) is 1.24. The Labute approximate surface area is 185 Å². The van der Waals surface area contributed by atoms with Crippen molar-refractivity contribution in [1.82, 2.24) is 9.55 Å². The molecule has 1 saturated heterocycles. The summed E-state index contributed by atoms with van der Waals surface area (Å²) in [5.74, 6) is 0.402. The van der Waals surface area contributed by atoms with E-state index in [2.05, 4.69) is 12.1 Å². The van der Waals surface area contributed by atoms with Crippen LogP contribution in [0.3, 0.4) is 0 Å². The highest BCUT2D eigenvalue weighted by Gasteiger charge is 2.20. The third-order valence-corrected chi connectivity index (χ3v) is 6.50. The van der Waals surface area contributed by atoms with E-state index in [1.807, 2.05) is 18.2 Å². The van der Waals surface area contributed by atoms with Crippen molar-refractivity contribution in [2.24, 2.45) is 0 Å². The van der Waals surface area contributed by atoms with E-state index in [4.69, 9.17) is 14.5 Å². The lowest BCUT2D eigenvalue weighted by atomic mass is 10.1. The molecule has 1 aromatic heterocycles. The Bertz CT molecular complexity index is 1110. The Morgan fingerprint density at radius 2 is 2.10 bits per heavy atom. The first-order chi connectivity index (χ1) is 15.2. The average molecular weight is 439 g/mol. The van der Waals surface area contributed by atoms with Crippen LogP contribution < -0.4 is 5.56 Å².